The average Bonchev–Trinajstić information content (AvgIpc) is 2.15. The van der Waals surface area contributed by atoms with E-state index < -0.39 is 0 Å². The summed E-state index contributed by atoms with van der Waals surface area (Å²) >= 11 is 0. The summed E-state index contributed by atoms with van der Waals surface area (Å²) in [5.41, 5.74) is 0. The lowest BCUT2D eigenvalue weighted by Gasteiger charge is -2.45. The smallest absolute Gasteiger partial charge is 0.304 e. The van der Waals surface area contributed by atoms with Crippen LogP contribution in [0.25, 0.3) is 0 Å². The Labute approximate surface area is 103 Å². The minimum absolute atomic E-state index is 0.0955. The maximum Gasteiger partial charge on any atom is 0.330 e. The molecule has 17 heavy (non-hydrogen) atoms. The normalized spacial score (nSPS) is 18.1. The van der Waals surface area contributed by atoms with Gasteiger partial charge in [-0.05, 0) is 41.5 Å². The molecular formula is C12H23N3O2. The Morgan fingerprint density at radius 2 is 1.12 bits per heavy atom. The van der Waals surface area contributed by atoms with Crippen LogP contribution in [0.15, 0.2) is 0 Å². The lowest BCUT2D eigenvalue weighted by molar-refractivity contribution is 0.0473. The van der Waals surface area contributed by atoms with Crippen LogP contribution in [-0.2, 0) is 0 Å². The van der Waals surface area contributed by atoms with Gasteiger partial charge in [0, 0.05) is 18.1 Å². The monoisotopic (exact) mass is 241 g/mol. The molecule has 1 heterocycles. The molecule has 1 aliphatic rings. The Kier molecular flexibility index (Phi) is 4.01. The van der Waals surface area contributed by atoms with Gasteiger partial charge in [-0.25, -0.2) is 14.5 Å². The van der Waals surface area contributed by atoms with Crippen molar-refractivity contribution in [2.24, 2.45) is 0 Å². The molecule has 1 rings (SSSR count). The number of rotatable bonds is 3. The van der Waals surface area contributed by atoms with E-state index in [2.05, 4.69) is 0 Å². The van der Waals surface area contributed by atoms with Gasteiger partial charge in [0.25, 0.3) is 0 Å². The SMILES string of the molecule is CC(C)N1CN(C(C)C)C(=O)N(C(C)C)C1=O. The van der Waals surface area contributed by atoms with Gasteiger partial charge in [-0.15, -0.1) is 0 Å². The quantitative estimate of drug-likeness (QED) is 0.761. The summed E-state index contributed by atoms with van der Waals surface area (Å²) in [5, 5.41) is 0. The first-order valence-electron chi connectivity index (χ1n) is 6.17. The number of imide groups is 1. The van der Waals surface area contributed by atoms with Crippen LogP contribution in [0.1, 0.15) is 41.5 Å². The summed E-state index contributed by atoms with van der Waals surface area (Å²) in [6, 6.07) is -0.289. The summed E-state index contributed by atoms with van der Waals surface area (Å²) in [5.74, 6) is 0. The molecule has 5 nitrogen and oxygen atoms in total. The fourth-order valence-electron chi connectivity index (χ4n) is 1.85. The third kappa shape index (κ3) is 2.53. The van der Waals surface area contributed by atoms with Crippen LogP contribution in [0.4, 0.5) is 9.59 Å². The van der Waals surface area contributed by atoms with Crippen molar-refractivity contribution in [2.45, 2.75) is 59.7 Å². The van der Waals surface area contributed by atoms with Gasteiger partial charge in [0.15, 0.2) is 0 Å². The Bertz CT molecular complexity index is 287. The van der Waals surface area contributed by atoms with Crippen LogP contribution >= 0.6 is 0 Å². The van der Waals surface area contributed by atoms with Crippen LogP contribution in [0.2, 0.25) is 0 Å². The van der Waals surface area contributed by atoms with Crippen molar-refractivity contribution in [2.75, 3.05) is 6.67 Å². The largest absolute Gasteiger partial charge is 0.330 e. The lowest BCUT2D eigenvalue weighted by Crippen LogP contribution is -2.65. The van der Waals surface area contributed by atoms with Crippen molar-refractivity contribution in [1.82, 2.24) is 14.7 Å². The highest BCUT2D eigenvalue weighted by Crippen LogP contribution is 2.19. The van der Waals surface area contributed by atoms with E-state index in [1.165, 1.54) is 4.90 Å². The first kappa shape index (κ1) is 13.8. The van der Waals surface area contributed by atoms with E-state index in [0.29, 0.717) is 6.67 Å². The molecule has 98 valence electrons. The number of carbonyl (C=O) groups excluding carboxylic acids is 2. The Morgan fingerprint density at radius 3 is 1.35 bits per heavy atom. The molecule has 1 saturated heterocycles. The molecule has 0 bridgehead atoms. The Hall–Kier alpha value is -1.26. The summed E-state index contributed by atoms with van der Waals surface area (Å²) < 4.78 is 0. The van der Waals surface area contributed by atoms with Crippen LogP contribution in [0.5, 0.6) is 0 Å². The molecule has 0 atom stereocenters. The molecule has 0 spiro atoms. The predicted octanol–water partition coefficient (Wildman–Crippen LogP) is 2.33. The average molecular weight is 241 g/mol. The van der Waals surface area contributed by atoms with Crippen LogP contribution < -0.4 is 0 Å². The van der Waals surface area contributed by atoms with Gasteiger partial charge in [0.05, 0.1) is 6.67 Å². The highest BCUT2D eigenvalue weighted by atomic mass is 16.2. The summed E-state index contributed by atoms with van der Waals surface area (Å²) in [4.78, 5) is 29.2. The topological polar surface area (TPSA) is 43.9 Å². The molecule has 0 aliphatic carbocycles. The maximum atomic E-state index is 12.2. The van der Waals surface area contributed by atoms with Crippen molar-refractivity contribution in [1.29, 1.82) is 0 Å². The van der Waals surface area contributed by atoms with Crippen molar-refractivity contribution in [3.63, 3.8) is 0 Å². The highest BCUT2D eigenvalue weighted by molar-refractivity contribution is 5.96. The molecule has 4 amide bonds. The molecule has 0 saturated carbocycles. The van der Waals surface area contributed by atoms with E-state index in [1.807, 2.05) is 41.5 Å². The molecule has 1 aliphatic heterocycles. The predicted molar refractivity (Wildman–Crippen MR) is 66.6 cm³/mol. The maximum absolute atomic E-state index is 12.2. The van der Waals surface area contributed by atoms with E-state index in [0.717, 1.165) is 0 Å². The molecule has 0 aromatic rings. The Balaban J connectivity index is 3.04. The van der Waals surface area contributed by atoms with Gasteiger partial charge in [-0.3, -0.25) is 0 Å². The van der Waals surface area contributed by atoms with Gasteiger partial charge >= 0.3 is 12.1 Å². The van der Waals surface area contributed by atoms with Crippen molar-refractivity contribution in [3.8, 4) is 0 Å². The number of carbonyl (C=O) groups is 2. The van der Waals surface area contributed by atoms with Crippen LogP contribution in [-0.4, -0.2) is 51.6 Å². The summed E-state index contributed by atoms with van der Waals surface area (Å²) in [6.07, 6.45) is 0. The molecule has 0 radical (unpaired) electrons. The third-order valence-electron chi connectivity index (χ3n) is 2.97. The molecular weight excluding hydrogens is 218 g/mol. The number of hydrogen-bond donors (Lipinski definition) is 0. The fraction of sp³-hybridized carbons (Fsp3) is 0.833. The van der Waals surface area contributed by atoms with E-state index in [-0.39, 0.29) is 30.2 Å². The first-order valence-corrected chi connectivity index (χ1v) is 6.17. The van der Waals surface area contributed by atoms with Gasteiger partial charge in [0.2, 0.25) is 0 Å². The lowest BCUT2D eigenvalue weighted by atomic mass is 10.2. The van der Waals surface area contributed by atoms with Gasteiger partial charge in [-0.2, -0.15) is 0 Å². The second-order valence-electron chi connectivity index (χ2n) is 5.30. The number of hydrogen-bond acceptors (Lipinski definition) is 2. The first-order chi connectivity index (χ1) is 7.77. The van der Waals surface area contributed by atoms with Gasteiger partial charge < -0.3 is 9.80 Å². The molecule has 0 aromatic carbocycles. The zero-order chi connectivity index (χ0) is 13.3. The minimum Gasteiger partial charge on any atom is -0.304 e. The fourth-order valence-corrected chi connectivity index (χ4v) is 1.85. The van der Waals surface area contributed by atoms with Crippen molar-refractivity contribution >= 4 is 12.1 Å². The zero-order valence-electron chi connectivity index (χ0n) is 11.6. The second kappa shape index (κ2) is 4.94. The third-order valence-corrected chi connectivity index (χ3v) is 2.97. The summed E-state index contributed by atoms with van der Waals surface area (Å²) in [7, 11) is 0. The van der Waals surface area contributed by atoms with Gasteiger partial charge in [0.1, 0.15) is 0 Å². The standard InChI is InChI=1S/C12H23N3O2/c1-8(2)13-7-14(9(3)4)12(17)15(10(5)6)11(13)16/h8-10H,7H2,1-6H3. The number of nitrogens with zero attached hydrogens (tertiary/aromatic N) is 3. The van der Waals surface area contributed by atoms with E-state index in [1.54, 1.807) is 9.80 Å². The Morgan fingerprint density at radius 1 is 0.765 bits per heavy atom. The van der Waals surface area contributed by atoms with Crippen LogP contribution in [0.3, 0.4) is 0 Å². The van der Waals surface area contributed by atoms with E-state index in [9.17, 15) is 9.59 Å². The number of urea groups is 2. The van der Waals surface area contributed by atoms with Gasteiger partial charge in [-0.1, -0.05) is 0 Å². The highest BCUT2D eigenvalue weighted by Gasteiger charge is 2.40. The van der Waals surface area contributed by atoms with E-state index >= 15 is 0 Å². The minimum atomic E-state index is -0.183. The number of amides is 4. The summed E-state index contributed by atoms with van der Waals surface area (Å²) in [6.45, 7) is 12.0. The molecule has 0 aromatic heterocycles. The molecule has 1 fully saturated rings. The van der Waals surface area contributed by atoms with Crippen molar-refractivity contribution in [3.05, 3.63) is 0 Å². The second-order valence-corrected chi connectivity index (χ2v) is 5.30. The zero-order valence-corrected chi connectivity index (χ0v) is 11.6. The van der Waals surface area contributed by atoms with Crippen LogP contribution in [0, 0.1) is 0 Å². The van der Waals surface area contributed by atoms with E-state index in [4.69, 9.17) is 0 Å². The van der Waals surface area contributed by atoms with Crippen molar-refractivity contribution < 1.29 is 9.59 Å². The molecule has 5 heteroatoms. The molecule has 0 unspecified atom stereocenters. The molecule has 0 N–H and O–H groups in total.